The number of nitro benzene ring substituents is 1. The van der Waals surface area contributed by atoms with Crippen LogP contribution in [0.15, 0.2) is 48.7 Å². The largest absolute Gasteiger partial charge is 0.455 e. The highest BCUT2D eigenvalue weighted by atomic mass is 35.5. The van der Waals surface area contributed by atoms with Crippen LogP contribution in [0.2, 0.25) is 10.0 Å². The number of anilines is 1. The Morgan fingerprint density at radius 1 is 1.21 bits per heavy atom. The Labute approximate surface area is 200 Å². The van der Waals surface area contributed by atoms with E-state index in [4.69, 9.17) is 27.9 Å². The van der Waals surface area contributed by atoms with Crippen LogP contribution in [0.3, 0.4) is 0 Å². The molecule has 174 valence electrons. The Hall–Kier alpha value is -3.83. The number of alkyl halides is 2. The van der Waals surface area contributed by atoms with E-state index < -0.39 is 22.9 Å². The third kappa shape index (κ3) is 4.75. The zero-order chi connectivity index (χ0) is 24.6. The first-order valence-corrected chi connectivity index (χ1v) is 10.2. The fraction of sp³-hybridized carbons (Fsp3) is 0.0952. The number of nitrogens with one attached hydrogen (secondary N) is 1. The van der Waals surface area contributed by atoms with Crippen LogP contribution >= 0.6 is 23.2 Å². The number of carbonyl (C=O) groups excluding carboxylic acids is 1. The van der Waals surface area contributed by atoms with Crippen LogP contribution in [0.5, 0.6) is 11.5 Å². The van der Waals surface area contributed by atoms with Crippen molar-refractivity contribution in [3.05, 3.63) is 85.8 Å². The number of nitrogens with zero attached hydrogens (tertiary/aromatic N) is 4. The lowest BCUT2D eigenvalue weighted by molar-refractivity contribution is -0.384. The molecule has 4 aromatic rings. The third-order valence-corrected chi connectivity index (χ3v) is 5.11. The topological polar surface area (TPSA) is 112 Å². The molecule has 1 amide bonds. The SMILES string of the molecule is Cc1cc(C(F)F)n2ncc(C(=O)Nc3cc(Oc4ccc(Cl)cc4Cl)cc([N+](=O)[O-])c3)c2n1. The third-order valence-electron chi connectivity index (χ3n) is 4.58. The zero-order valence-electron chi connectivity index (χ0n) is 17.1. The maximum atomic E-state index is 13.3. The summed E-state index contributed by atoms with van der Waals surface area (Å²) in [5, 5.41) is 18.3. The number of hydrogen-bond acceptors (Lipinski definition) is 6. The number of amides is 1. The van der Waals surface area contributed by atoms with E-state index in [0.29, 0.717) is 5.02 Å². The van der Waals surface area contributed by atoms with Crippen molar-refractivity contribution < 1.29 is 23.2 Å². The summed E-state index contributed by atoms with van der Waals surface area (Å²) in [6.45, 7) is 1.51. The van der Waals surface area contributed by atoms with Crippen LogP contribution in [0.25, 0.3) is 5.65 Å². The van der Waals surface area contributed by atoms with Crippen molar-refractivity contribution >= 4 is 46.1 Å². The van der Waals surface area contributed by atoms with Gasteiger partial charge >= 0.3 is 0 Å². The molecule has 0 aliphatic rings. The molecule has 2 aromatic heterocycles. The van der Waals surface area contributed by atoms with Gasteiger partial charge in [-0.15, -0.1) is 0 Å². The summed E-state index contributed by atoms with van der Waals surface area (Å²) in [6, 6.07) is 9.21. The number of aryl methyl sites for hydroxylation is 1. The molecule has 0 saturated carbocycles. The van der Waals surface area contributed by atoms with Gasteiger partial charge in [0.15, 0.2) is 5.65 Å². The summed E-state index contributed by atoms with van der Waals surface area (Å²) < 4.78 is 33.2. The number of nitro groups is 1. The summed E-state index contributed by atoms with van der Waals surface area (Å²) >= 11 is 12.0. The minimum absolute atomic E-state index is 0.0142. The molecular weight excluding hydrogens is 495 g/mol. The average molecular weight is 508 g/mol. The van der Waals surface area contributed by atoms with Gasteiger partial charge in [0.2, 0.25) is 0 Å². The number of hydrogen-bond donors (Lipinski definition) is 1. The number of ether oxygens (including phenoxy) is 1. The minimum atomic E-state index is -2.84. The smallest absolute Gasteiger partial charge is 0.280 e. The first-order chi connectivity index (χ1) is 16.1. The quantitative estimate of drug-likeness (QED) is 0.244. The standard InChI is InChI=1S/C21H13Cl2F2N5O4/c1-10-4-17(19(24)25)29-20(27-10)15(9-26-29)21(31)28-12-6-13(30(32)33)8-14(7-12)34-18-3-2-11(22)5-16(18)23/h2-9,19H,1H3,(H,28,31). The monoisotopic (exact) mass is 507 g/mol. The van der Waals surface area contributed by atoms with Crippen molar-refractivity contribution in [3.8, 4) is 11.5 Å². The van der Waals surface area contributed by atoms with E-state index in [9.17, 15) is 23.7 Å². The van der Waals surface area contributed by atoms with Crippen molar-refractivity contribution in [1.82, 2.24) is 14.6 Å². The first-order valence-electron chi connectivity index (χ1n) is 9.49. The van der Waals surface area contributed by atoms with E-state index in [1.54, 1.807) is 0 Å². The summed E-state index contributed by atoms with van der Waals surface area (Å²) in [6.07, 6.45) is -1.75. The number of carbonyl (C=O) groups is 1. The summed E-state index contributed by atoms with van der Waals surface area (Å²) in [5.74, 6) is -0.558. The van der Waals surface area contributed by atoms with E-state index in [1.165, 1.54) is 37.3 Å². The average Bonchev–Trinajstić information content (AvgIpc) is 3.18. The summed E-state index contributed by atoms with van der Waals surface area (Å²) in [7, 11) is 0. The molecule has 0 spiro atoms. The van der Waals surface area contributed by atoms with Gasteiger partial charge in [-0.25, -0.2) is 18.3 Å². The summed E-state index contributed by atoms with van der Waals surface area (Å²) in [4.78, 5) is 27.7. The van der Waals surface area contributed by atoms with Gasteiger partial charge in [-0.2, -0.15) is 5.10 Å². The van der Waals surface area contributed by atoms with E-state index >= 15 is 0 Å². The maximum Gasteiger partial charge on any atom is 0.280 e. The molecule has 1 N–H and O–H groups in total. The fourth-order valence-corrected chi connectivity index (χ4v) is 3.58. The predicted molar refractivity (Wildman–Crippen MR) is 120 cm³/mol. The van der Waals surface area contributed by atoms with Gasteiger partial charge < -0.3 is 10.1 Å². The Bertz CT molecular complexity index is 1440. The Kier molecular flexibility index (Phi) is 6.31. The van der Waals surface area contributed by atoms with Crippen molar-refractivity contribution in [2.45, 2.75) is 13.3 Å². The van der Waals surface area contributed by atoms with Gasteiger partial charge in [0.05, 0.1) is 27.9 Å². The second-order valence-electron chi connectivity index (χ2n) is 7.02. The van der Waals surface area contributed by atoms with Gasteiger partial charge in [0.1, 0.15) is 22.8 Å². The maximum absolute atomic E-state index is 13.3. The predicted octanol–water partition coefficient (Wildman–Crippen LogP) is 6.23. The van der Waals surface area contributed by atoms with Gasteiger partial charge in [-0.1, -0.05) is 23.2 Å². The normalized spacial score (nSPS) is 11.1. The number of halogens is 4. The van der Waals surface area contributed by atoms with Crippen LogP contribution in [-0.2, 0) is 0 Å². The van der Waals surface area contributed by atoms with Crippen LogP contribution < -0.4 is 10.1 Å². The highest BCUT2D eigenvalue weighted by Gasteiger charge is 2.21. The molecule has 2 heterocycles. The number of fused-ring (bicyclic) bond motifs is 1. The van der Waals surface area contributed by atoms with Gasteiger partial charge in [0.25, 0.3) is 18.0 Å². The summed E-state index contributed by atoms with van der Waals surface area (Å²) in [5.41, 5.74) is -0.689. The van der Waals surface area contributed by atoms with E-state index in [0.717, 1.165) is 22.8 Å². The molecule has 9 nitrogen and oxygen atoms in total. The number of aromatic nitrogens is 3. The van der Waals surface area contributed by atoms with Gasteiger partial charge in [0, 0.05) is 22.8 Å². The fourth-order valence-electron chi connectivity index (χ4n) is 3.13. The minimum Gasteiger partial charge on any atom is -0.455 e. The van der Waals surface area contributed by atoms with Crippen LogP contribution in [0.4, 0.5) is 20.2 Å². The molecule has 0 fully saturated rings. The second-order valence-corrected chi connectivity index (χ2v) is 7.86. The van der Waals surface area contributed by atoms with Crippen molar-refractivity contribution in [1.29, 1.82) is 0 Å². The molecular formula is C21H13Cl2F2N5O4. The molecule has 34 heavy (non-hydrogen) atoms. The van der Waals surface area contributed by atoms with E-state index in [2.05, 4.69) is 15.4 Å². The molecule has 0 atom stereocenters. The van der Waals surface area contributed by atoms with E-state index in [1.807, 2.05) is 0 Å². The van der Waals surface area contributed by atoms with E-state index in [-0.39, 0.29) is 44.8 Å². The Morgan fingerprint density at radius 2 is 1.97 bits per heavy atom. The lowest BCUT2D eigenvalue weighted by atomic mass is 10.2. The van der Waals surface area contributed by atoms with Crippen LogP contribution in [0.1, 0.15) is 28.2 Å². The van der Waals surface area contributed by atoms with Crippen molar-refractivity contribution in [3.63, 3.8) is 0 Å². The second kappa shape index (κ2) is 9.20. The van der Waals surface area contributed by atoms with Gasteiger partial charge in [-0.05, 0) is 31.2 Å². The lowest BCUT2D eigenvalue weighted by Gasteiger charge is -2.10. The lowest BCUT2D eigenvalue weighted by Crippen LogP contribution is -2.13. The molecule has 0 aliphatic heterocycles. The molecule has 0 unspecified atom stereocenters. The number of non-ortho nitro benzene ring substituents is 1. The number of benzene rings is 2. The van der Waals surface area contributed by atoms with Gasteiger partial charge in [-0.3, -0.25) is 14.9 Å². The molecule has 0 radical (unpaired) electrons. The molecule has 0 bridgehead atoms. The molecule has 0 aliphatic carbocycles. The Balaban J connectivity index is 1.68. The molecule has 13 heteroatoms. The number of rotatable bonds is 6. The highest BCUT2D eigenvalue weighted by molar-refractivity contribution is 6.35. The molecule has 4 rings (SSSR count). The first kappa shape index (κ1) is 23.3. The van der Waals surface area contributed by atoms with Crippen LogP contribution in [0, 0.1) is 17.0 Å². The highest BCUT2D eigenvalue weighted by Crippen LogP contribution is 2.35. The zero-order valence-corrected chi connectivity index (χ0v) is 18.6. The Morgan fingerprint density at radius 3 is 2.65 bits per heavy atom. The van der Waals surface area contributed by atoms with Crippen molar-refractivity contribution in [2.24, 2.45) is 0 Å². The molecule has 0 saturated heterocycles. The molecule has 2 aromatic carbocycles. The van der Waals surface area contributed by atoms with Crippen molar-refractivity contribution in [2.75, 3.05) is 5.32 Å². The van der Waals surface area contributed by atoms with Crippen LogP contribution in [-0.4, -0.2) is 25.4 Å².